The van der Waals surface area contributed by atoms with E-state index in [1.165, 1.54) is 25.7 Å². The summed E-state index contributed by atoms with van der Waals surface area (Å²) >= 11 is 6.24. The summed E-state index contributed by atoms with van der Waals surface area (Å²) in [7, 11) is 0. The van der Waals surface area contributed by atoms with Crippen molar-refractivity contribution in [1.82, 2.24) is 0 Å². The molecule has 0 heterocycles. The Hall–Kier alpha value is -0.730. The van der Waals surface area contributed by atoms with Crippen LogP contribution in [0.5, 0.6) is 5.75 Å². The number of nitrogens with two attached hydrogens (primary N) is 1. The summed E-state index contributed by atoms with van der Waals surface area (Å²) in [6, 6.07) is 5.84. The summed E-state index contributed by atoms with van der Waals surface area (Å²) in [4.78, 5) is 0. The Morgan fingerprint density at radius 1 is 1.33 bits per heavy atom. The van der Waals surface area contributed by atoms with Crippen molar-refractivity contribution in [2.24, 2.45) is 11.7 Å². The van der Waals surface area contributed by atoms with Gasteiger partial charge in [-0.15, -0.1) is 0 Å². The van der Waals surface area contributed by atoms with Gasteiger partial charge in [-0.05, 0) is 49.3 Å². The molecule has 2 N–H and O–H groups in total. The third-order valence-electron chi connectivity index (χ3n) is 3.87. The van der Waals surface area contributed by atoms with E-state index in [-0.39, 0.29) is 0 Å². The number of hydrogen-bond acceptors (Lipinski definition) is 2. The van der Waals surface area contributed by atoms with Crippen LogP contribution in [0.15, 0.2) is 18.2 Å². The molecule has 18 heavy (non-hydrogen) atoms. The van der Waals surface area contributed by atoms with Gasteiger partial charge >= 0.3 is 0 Å². The molecule has 2 nitrogen and oxygen atoms in total. The zero-order valence-electron chi connectivity index (χ0n) is 11.0. The van der Waals surface area contributed by atoms with Crippen LogP contribution in [0.4, 0.5) is 0 Å². The van der Waals surface area contributed by atoms with Gasteiger partial charge in [0.15, 0.2) is 0 Å². The molecule has 0 spiro atoms. The molecule has 2 rings (SSSR count). The lowest BCUT2D eigenvalue weighted by Crippen LogP contribution is -2.30. The molecule has 1 aromatic rings. The molecule has 100 valence electrons. The summed E-state index contributed by atoms with van der Waals surface area (Å²) in [5.74, 6) is 1.48. The van der Waals surface area contributed by atoms with Crippen LogP contribution in [-0.4, -0.2) is 6.10 Å². The van der Waals surface area contributed by atoms with Crippen LogP contribution in [-0.2, 0) is 6.54 Å². The monoisotopic (exact) mass is 267 g/mol. The average Bonchev–Trinajstić information content (AvgIpc) is 2.41. The van der Waals surface area contributed by atoms with Crippen molar-refractivity contribution in [3.63, 3.8) is 0 Å². The molecular formula is C15H22ClNO. The van der Waals surface area contributed by atoms with Crippen molar-refractivity contribution in [2.75, 3.05) is 0 Å². The van der Waals surface area contributed by atoms with E-state index in [9.17, 15) is 0 Å². The Morgan fingerprint density at radius 3 is 2.78 bits per heavy atom. The normalized spacial score (nSPS) is 23.9. The SMILES string of the molecule is CCC1CCCCC1Oc1ccc(CN)cc1Cl. The zero-order valence-corrected chi connectivity index (χ0v) is 11.7. The maximum atomic E-state index is 6.24. The van der Waals surface area contributed by atoms with Gasteiger partial charge in [0.1, 0.15) is 11.9 Å². The van der Waals surface area contributed by atoms with E-state index in [1.807, 2.05) is 18.2 Å². The van der Waals surface area contributed by atoms with Crippen LogP contribution in [0.25, 0.3) is 0 Å². The Kier molecular flexibility index (Phi) is 4.90. The van der Waals surface area contributed by atoms with E-state index in [4.69, 9.17) is 22.1 Å². The number of hydrogen-bond donors (Lipinski definition) is 1. The van der Waals surface area contributed by atoms with Gasteiger partial charge in [0.25, 0.3) is 0 Å². The highest BCUT2D eigenvalue weighted by Gasteiger charge is 2.25. The fourth-order valence-corrected chi connectivity index (χ4v) is 2.97. The molecule has 0 aromatic heterocycles. The van der Waals surface area contributed by atoms with Crippen LogP contribution < -0.4 is 10.5 Å². The predicted octanol–water partition coefficient (Wildman–Crippen LogP) is 4.15. The quantitative estimate of drug-likeness (QED) is 0.890. The van der Waals surface area contributed by atoms with E-state index < -0.39 is 0 Å². The first-order valence-corrected chi connectivity index (χ1v) is 7.27. The van der Waals surface area contributed by atoms with Crippen molar-refractivity contribution in [1.29, 1.82) is 0 Å². The molecule has 3 heteroatoms. The fourth-order valence-electron chi connectivity index (χ4n) is 2.73. The molecule has 1 aliphatic rings. The van der Waals surface area contributed by atoms with Gasteiger partial charge in [0, 0.05) is 6.54 Å². The molecule has 1 aromatic carbocycles. The molecule has 1 fully saturated rings. The van der Waals surface area contributed by atoms with Gasteiger partial charge < -0.3 is 10.5 Å². The van der Waals surface area contributed by atoms with Gasteiger partial charge in [-0.3, -0.25) is 0 Å². The van der Waals surface area contributed by atoms with Gasteiger partial charge in [-0.25, -0.2) is 0 Å². The standard InChI is InChI=1S/C15H22ClNO/c1-2-12-5-3-4-6-14(12)18-15-8-7-11(10-17)9-13(15)16/h7-9,12,14H,2-6,10,17H2,1H3. The van der Waals surface area contributed by atoms with E-state index in [1.54, 1.807) is 0 Å². The van der Waals surface area contributed by atoms with Crippen LogP contribution in [0.2, 0.25) is 5.02 Å². The number of rotatable bonds is 4. The number of benzene rings is 1. The van der Waals surface area contributed by atoms with Crippen molar-refractivity contribution >= 4 is 11.6 Å². The minimum Gasteiger partial charge on any atom is -0.489 e. The average molecular weight is 268 g/mol. The molecule has 0 radical (unpaired) electrons. The molecule has 2 atom stereocenters. The molecule has 0 amide bonds. The van der Waals surface area contributed by atoms with Crippen molar-refractivity contribution in [3.8, 4) is 5.75 Å². The third kappa shape index (κ3) is 3.18. The first-order chi connectivity index (χ1) is 8.74. The molecule has 0 bridgehead atoms. The summed E-state index contributed by atoms with van der Waals surface area (Å²) in [5, 5.41) is 0.679. The molecule has 0 aliphatic heterocycles. The summed E-state index contributed by atoms with van der Waals surface area (Å²) in [6.45, 7) is 2.76. The Balaban J connectivity index is 2.07. The molecule has 1 saturated carbocycles. The van der Waals surface area contributed by atoms with E-state index >= 15 is 0 Å². The Morgan fingerprint density at radius 2 is 2.11 bits per heavy atom. The Bertz CT molecular complexity index is 394. The maximum absolute atomic E-state index is 6.24. The van der Waals surface area contributed by atoms with E-state index in [2.05, 4.69) is 6.92 Å². The first kappa shape index (κ1) is 13.7. The summed E-state index contributed by atoms with van der Waals surface area (Å²) in [5.41, 5.74) is 6.64. The van der Waals surface area contributed by atoms with Gasteiger partial charge in [0.05, 0.1) is 5.02 Å². The molecular weight excluding hydrogens is 246 g/mol. The van der Waals surface area contributed by atoms with E-state index in [0.29, 0.717) is 23.6 Å². The lowest BCUT2D eigenvalue weighted by molar-refractivity contribution is 0.0905. The second-order valence-electron chi connectivity index (χ2n) is 5.08. The van der Waals surface area contributed by atoms with Crippen LogP contribution in [0.1, 0.15) is 44.6 Å². The lowest BCUT2D eigenvalue weighted by Gasteiger charge is -2.31. The molecule has 0 saturated heterocycles. The number of ether oxygens (including phenoxy) is 1. The van der Waals surface area contributed by atoms with Crippen LogP contribution in [0, 0.1) is 5.92 Å². The van der Waals surface area contributed by atoms with E-state index in [0.717, 1.165) is 17.7 Å². The zero-order chi connectivity index (χ0) is 13.0. The van der Waals surface area contributed by atoms with Crippen molar-refractivity contribution in [3.05, 3.63) is 28.8 Å². The summed E-state index contributed by atoms with van der Waals surface area (Å²) in [6.07, 6.45) is 6.53. The lowest BCUT2D eigenvalue weighted by atomic mass is 9.85. The molecule has 2 unspecified atom stereocenters. The van der Waals surface area contributed by atoms with Crippen molar-refractivity contribution < 1.29 is 4.74 Å². The summed E-state index contributed by atoms with van der Waals surface area (Å²) < 4.78 is 6.12. The third-order valence-corrected chi connectivity index (χ3v) is 4.17. The predicted molar refractivity (Wildman–Crippen MR) is 76.0 cm³/mol. The minimum atomic E-state index is 0.324. The highest BCUT2D eigenvalue weighted by molar-refractivity contribution is 6.32. The molecule has 1 aliphatic carbocycles. The van der Waals surface area contributed by atoms with Crippen LogP contribution in [0.3, 0.4) is 0 Å². The fraction of sp³-hybridized carbons (Fsp3) is 0.600. The largest absolute Gasteiger partial charge is 0.489 e. The smallest absolute Gasteiger partial charge is 0.138 e. The van der Waals surface area contributed by atoms with Crippen LogP contribution >= 0.6 is 11.6 Å². The minimum absolute atomic E-state index is 0.324. The second kappa shape index (κ2) is 6.44. The maximum Gasteiger partial charge on any atom is 0.138 e. The van der Waals surface area contributed by atoms with Gasteiger partial charge in [0.2, 0.25) is 0 Å². The Labute approximate surface area is 114 Å². The van der Waals surface area contributed by atoms with Crippen molar-refractivity contribution in [2.45, 2.75) is 51.7 Å². The topological polar surface area (TPSA) is 35.2 Å². The van der Waals surface area contributed by atoms with Gasteiger partial charge in [-0.2, -0.15) is 0 Å². The second-order valence-corrected chi connectivity index (χ2v) is 5.49. The van der Waals surface area contributed by atoms with Gasteiger partial charge in [-0.1, -0.05) is 31.0 Å². The first-order valence-electron chi connectivity index (χ1n) is 6.89. The highest BCUT2D eigenvalue weighted by Crippen LogP contribution is 2.33. The highest BCUT2D eigenvalue weighted by atomic mass is 35.5. The number of halogens is 1.